The first-order valence-electron chi connectivity index (χ1n) is 11.2. The van der Waals surface area contributed by atoms with E-state index in [9.17, 15) is 19.5 Å². The number of aliphatic hydroxyl groups is 1. The number of ether oxygens (including phenoxy) is 1. The zero-order valence-electron chi connectivity index (χ0n) is 18.3. The number of unbranched alkanes of at least 4 members (excludes halogenated alkanes) is 1. The maximum atomic E-state index is 13.6. The van der Waals surface area contributed by atoms with Crippen molar-refractivity contribution in [3.05, 3.63) is 30.3 Å². The molecule has 3 aliphatic heterocycles. The summed E-state index contributed by atoms with van der Waals surface area (Å²) in [6.45, 7) is 4.10. The van der Waals surface area contributed by atoms with Crippen LogP contribution in [0.15, 0.2) is 30.3 Å². The molecule has 3 aliphatic rings. The predicted molar refractivity (Wildman–Crippen MR) is 122 cm³/mol. The summed E-state index contributed by atoms with van der Waals surface area (Å²) in [4.78, 5) is 41.7. The van der Waals surface area contributed by atoms with Crippen LogP contribution in [0.5, 0.6) is 0 Å². The number of alkyl halides is 1. The Morgan fingerprint density at radius 1 is 1.25 bits per heavy atom. The smallest absolute Gasteiger partial charge is 0.246 e. The van der Waals surface area contributed by atoms with Crippen molar-refractivity contribution >= 4 is 39.3 Å². The SMILES string of the molecule is CC(C)NC(=O)C1N(CCCCO)C(=O)[C@@H]2[C@H](C(=O)Nc3ccccc3)[C@H]3OC12CC3Br. The van der Waals surface area contributed by atoms with Crippen molar-refractivity contribution in [2.75, 3.05) is 18.5 Å². The Morgan fingerprint density at radius 2 is 1.97 bits per heavy atom. The Hall–Kier alpha value is -1.97. The van der Waals surface area contributed by atoms with Crippen molar-refractivity contribution in [1.29, 1.82) is 0 Å². The van der Waals surface area contributed by atoms with Crippen LogP contribution < -0.4 is 10.6 Å². The Morgan fingerprint density at radius 3 is 2.62 bits per heavy atom. The van der Waals surface area contributed by atoms with Gasteiger partial charge in [-0.25, -0.2) is 0 Å². The predicted octanol–water partition coefficient (Wildman–Crippen LogP) is 1.67. The number of nitrogens with one attached hydrogen (secondary N) is 2. The molecule has 3 amide bonds. The third-order valence-electron chi connectivity index (χ3n) is 6.62. The lowest BCUT2D eigenvalue weighted by molar-refractivity contribution is -0.141. The Kier molecular flexibility index (Phi) is 6.61. The van der Waals surface area contributed by atoms with Crippen molar-refractivity contribution in [3.63, 3.8) is 0 Å². The summed E-state index contributed by atoms with van der Waals surface area (Å²) in [5.74, 6) is -2.17. The van der Waals surface area contributed by atoms with Gasteiger partial charge in [0.2, 0.25) is 17.7 Å². The lowest BCUT2D eigenvalue weighted by Crippen LogP contribution is -2.56. The average molecular weight is 508 g/mol. The van der Waals surface area contributed by atoms with Gasteiger partial charge in [0.05, 0.1) is 17.9 Å². The number of halogens is 1. The summed E-state index contributed by atoms with van der Waals surface area (Å²) in [6.07, 6.45) is 1.10. The van der Waals surface area contributed by atoms with Crippen molar-refractivity contribution in [2.45, 2.75) is 61.7 Å². The summed E-state index contributed by atoms with van der Waals surface area (Å²) in [7, 11) is 0. The van der Waals surface area contributed by atoms with Gasteiger partial charge in [-0.2, -0.15) is 0 Å². The minimum atomic E-state index is -1.05. The molecule has 6 atom stereocenters. The van der Waals surface area contributed by atoms with E-state index in [2.05, 4.69) is 26.6 Å². The molecule has 3 saturated heterocycles. The molecule has 1 aromatic carbocycles. The fraction of sp³-hybridized carbons (Fsp3) is 0.609. The highest BCUT2D eigenvalue weighted by Gasteiger charge is 2.76. The molecule has 32 heavy (non-hydrogen) atoms. The Bertz CT molecular complexity index is 882. The zero-order chi connectivity index (χ0) is 23.0. The lowest BCUT2D eigenvalue weighted by Gasteiger charge is -2.34. The van der Waals surface area contributed by atoms with E-state index in [4.69, 9.17) is 4.74 Å². The van der Waals surface area contributed by atoms with Crippen molar-refractivity contribution in [1.82, 2.24) is 10.2 Å². The number of amides is 3. The molecule has 0 saturated carbocycles. The summed E-state index contributed by atoms with van der Waals surface area (Å²) < 4.78 is 6.41. The van der Waals surface area contributed by atoms with Gasteiger partial charge in [0.15, 0.2) is 0 Å². The normalized spacial score (nSPS) is 33.0. The van der Waals surface area contributed by atoms with Gasteiger partial charge in [0.1, 0.15) is 11.6 Å². The van der Waals surface area contributed by atoms with E-state index in [0.29, 0.717) is 31.5 Å². The van der Waals surface area contributed by atoms with Crippen molar-refractivity contribution < 1.29 is 24.2 Å². The average Bonchev–Trinajstić information content (AvgIpc) is 3.32. The van der Waals surface area contributed by atoms with E-state index >= 15 is 0 Å². The minimum absolute atomic E-state index is 0.0175. The highest BCUT2D eigenvalue weighted by Crippen LogP contribution is 2.60. The van der Waals surface area contributed by atoms with Crippen molar-refractivity contribution in [2.24, 2.45) is 11.8 Å². The second-order valence-electron chi connectivity index (χ2n) is 9.14. The first-order valence-corrected chi connectivity index (χ1v) is 12.1. The Balaban J connectivity index is 1.67. The van der Waals surface area contributed by atoms with E-state index in [1.807, 2.05) is 32.0 Å². The summed E-state index contributed by atoms with van der Waals surface area (Å²) in [5, 5.41) is 15.0. The lowest BCUT2D eigenvalue weighted by atomic mass is 9.70. The number of carbonyl (C=O) groups is 3. The fourth-order valence-electron chi connectivity index (χ4n) is 5.47. The Labute approximate surface area is 196 Å². The van der Waals surface area contributed by atoms with Crippen LogP contribution in [0, 0.1) is 11.8 Å². The highest BCUT2D eigenvalue weighted by atomic mass is 79.9. The molecule has 9 heteroatoms. The number of para-hydroxylation sites is 1. The molecule has 174 valence electrons. The van der Waals surface area contributed by atoms with Gasteiger partial charge in [-0.15, -0.1) is 0 Å². The number of nitrogens with zero attached hydrogens (tertiary/aromatic N) is 1. The molecule has 0 aromatic heterocycles. The molecule has 3 unspecified atom stereocenters. The number of anilines is 1. The fourth-order valence-corrected chi connectivity index (χ4v) is 6.42. The van der Waals surface area contributed by atoms with E-state index in [1.54, 1.807) is 17.0 Å². The van der Waals surface area contributed by atoms with Gasteiger partial charge in [-0.1, -0.05) is 34.1 Å². The molecule has 3 heterocycles. The number of aliphatic hydroxyl groups excluding tert-OH is 1. The third-order valence-corrected chi connectivity index (χ3v) is 7.46. The molecular weight excluding hydrogens is 478 g/mol. The number of likely N-dealkylation sites (tertiary alicyclic amines) is 1. The van der Waals surface area contributed by atoms with Crippen LogP contribution in [-0.2, 0) is 19.1 Å². The molecular formula is C23H30BrN3O5. The summed E-state index contributed by atoms with van der Waals surface area (Å²) in [5.41, 5.74) is -0.396. The maximum Gasteiger partial charge on any atom is 0.246 e. The molecule has 1 aromatic rings. The minimum Gasteiger partial charge on any atom is -0.396 e. The second-order valence-corrected chi connectivity index (χ2v) is 10.3. The monoisotopic (exact) mass is 507 g/mol. The van der Waals surface area contributed by atoms with Crippen LogP contribution in [0.2, 0.25) is 0 Å². The van der Waals surface area contributed by atoms with Gasteiger partial charge in [-0.05, 0) is 45.2 Å². The zero-order valence-corrected chi connectivity index (χ0v) is 19.9. The van der Waals surface area contributed by atoms with Crippen LogP contribution in [0.25, 0.3) is 0 Å². The highest BCUT2D eigenvalue weighted by molar-refractivity contribution is 9.09. The standard InChI is InChI=1S/C23H30BrN3O5/c1-13(2)25-21(30)19-23-12-15(24)18(32-23)16(20(29)26-14-8-4-3-5-9-14)17(23)22(31)27(19)10-6-7-11-28/h3-5,8-9,13,15-19,28H,6-7,10-12H2,1-2H3,(H,25,30)(H,26,29)/t15?,16-,17-,18-,19?,23?/m0/s1. The largest absolute Gasteiger partial charge is 0.396 e. The van der Waals surface area contributed by atoms with Gasteiger partial charge < -0.3 is 25.4 Å². The summed E-state index contributed by atoms with van der Waals surface area (Å²) in [6, 6.07) is 8.22. The van der Waals surface area contributed by atoms with Crippen LogP contribution in [0.1, 0.15) is 33.1 Å². The van der Waals surface area contributed by atoms with Gasteiger partial charge in [-0.3, -0.25) is 14.4 Å². The number of hydrogen-bond acceptors (Lipinski definition) is 5. The second kappa shape index (κ2) is 9.11. The first kappa shape index (κ1) is 23.2. The maximum absolute atomic E-state index is 13.6. The van der Waals surface area contributed by atoms with Crippen molar-refractivity contribution in [3.8, 4) is 0 Å². The first-order chi connectivity index (χ1) is 15.3. The number of benzene rings is 1. The molecule has 3 N–H and O–H groups in total. The number of carbonyl (C=O) groups excluding carboxylic acids is 3. The molecule has 2 bridgehead atoms. The molecule has 0 radical (unpaired) electrons. The number of hydrogen-bond donors (Lipinski definition) is 3. The molecule has 0 aliphatic carbocycles. The quantitative estimate of drug-likeness (QED) is 0.366. The van der Waals surface area contributed by atoms with Crippen LogP contribution in [0.4, 0.5) is 5.69 Å². The van der Waals surface area contributed by atoms with Crippen LogP contribution >= 0.6 is 15.9 Å². The number of fused-ring (bicyclic) bond motifs is 1. The van der Waals surface area contributed by atoms with Crippen LogP contribution in [-0.4, -0.2) is 69.5 Å². The molecule has 8 nitrogen and oxygen atoms in total. The van der Waals surface area contributed by atoms with Gasteiger partial charge in [0, 0.05) is 29.7 Å². The number of rotatable bonds is 8. The van der Waals surface area contributed by atoms with E-state index < -0.39 is 29.6 Å². The van der Waals surface area contributed by atoms with E-state index in [1.165, 1.54) is 0 Å². The molecule has 4 rings (SSSR count). The van der Waals surface area contributed by atoms with E-state index in [-0.39, 0.29) is 35.2 Å². The summed E-state index contributed by atoms with van der Waals surface area (Å²) >= 11 is 3.65. The molecule has 1 spiro atoms. The van der Waals surface area contributed by atoms with Crippen LogP contribution in [0.3, 0.4) is 0 Å². The topological polar surface area (TPSA) is 108 Å². The van der Waals surface area contributed by atoms with E-state index in [0.717, 1.165) is 0 Å². The van der Waals surface area contributed by atoms with Gasteiger partial charge in [0.25, 0.3) is 0 Å². The third kappa shape index (κ3) is 3.84. The molecule has 3 fully saturated rings. The van der Waals surface area contributed by atoms with Gasteiger partial charge >= 0.3 is 0 Å².